The normalized spacial score (nSPS) is 21.5. The molecule has 0 spiro atoms. The Kier molecular flexibility index (Phi) is 11.1. The Balaban J connectivity index is 1.25. The fourth-order valence-electron chi connectivity index (χ4n) is 8.07. The van der Waals surface area contributed by atoms with E-state index in [0.29, 0.717) is 42.8 Å². The quantitative estimate of drug-likeness (QED) is 0.378. The fourth-order valence-corrected chi connectivity index (χ4v) is 8.86. The van der Waals surface area contributed by atoms with E-state index in [1.165, 1.54) is 10.4 Å². The van der Waals surface area contributed by atoms with Crippen LogP contribution in [0.15, 0.2) is 18.2 Å². The number of carbonyl (C=O) groups is 1. The van der Waals surface area contributed by atoms with E-state index in [-0.39, 0.29) is 43.7 Å². The van der Waals surface area contributed by atoms with Gasteiger partial charge in [0.1, 0.15) is 0 Å². The highest BCUT2D eigenvalue weighted by Gasteiger charge is 2.36. The SMILES string of the molecule is CCN(Cc1cc(-c2nn(CC(O)CN3CCC(N4CCCC4=O)CC3)c3c2CN(S(C)(=O)=O)CC3)ccc1C(F)(F)F)N1CCCCC1. The zero-order chi connectivity index (χ0) is 34.9. The highest BCUT2D eigenvalue weighted by Crippen LogP contribution is 2.37. The number of carbonyl (C=O) groups excluding carboxylic acids is 1. The molecule has 1 N–H and O–H groups in total. The summed E-state index contributed by atoms with van der Waals surface area (Å²) in [6, 6.07) is 4.36. The maximum Gasteiger partial charge on any atom is 0.416 e. The third kappa shape index (κ3) is 8.33. The smallest absolute Gasteiger partial charge is 0.390 e. The number of nitrogens with zero attached hydrogens (tertiary/aromatic N) is 7. The Morgan fingerprint density at radius 2 is 1.73 bits per heavy atom. The van der Waals surface area contributed by atoms with E-state index in [1.54, 1.807) is 10.7 Å². The lowest BCUT2D eigenvalue weighted by Crippen LogP contribution is -2.47. The lowest BCUT2D eigenvalue weighted by molar-refractivity contribution is -0.139. The van der Waals surface area contributed by atoms with Crippen LogP contribution in [0, 0.1) is 0 Å². The summed E-state index contributed by atoms with van der Waals surface area (Å²) < 4.78 is 71.2. The summed E-state index contributed by atoms with van der Waals surface area (Å²) in [7, 11) is -3.53. The molecule has 0 saturated carbocycles. The monoisotopic (exact) mass is 709 g/mol. The predicted octanol–water partition coefficient (Wildman–Crippen LogP) is 3.56. The first kappa shape index (κ1) is 36.2. The number of hydrogen-bond acceptors (Lipinski definition) is 8. The van der Waals surface area contributed by atoms with Gasteiger partial charge in [0.15, 0.2) is 0 Å². The summed E-state index contributed by atoms with van der Waals surface area (Å²) in [6.45, 7) is 7.54. The molecule has 272 valence electrons. The molecule has 1 unspecified atom stereocenters. The molecule has 0 aliphatic carbocycles. The minimum atomic E-state index is -4.54. The summed E-state index contributed by atoms with van der Waals surface area (Å²) in [4.78, 5) is 16.4. The zero-order valence-corrected chi connectivity index (χ0v) is 29.5. The molecule has 3 fully saturated rings. The first-order chi connectivity index (χ1) is 23.3. The molecule has 3 saturated heterocycles. The fraction of sp³-hybridized carbons (Fsp3) is 0.706. The third-order valence-corrected chi connectivity index (χ3v) is 11.9. The number of amides is 1. The van der Waals surface area contributed by atoms with E-state index in [2.05, 4.69) is 9.91 Å². The molecule has 1 atom stereocenters. The Hall–Kier alpha value is -2.56. The van der Waals surface area contributed by atoms with Crippen LogP contribution in [0.4, 0.5) is 13.2 Å². The molecule has 49 heavy (non-hydrogen) atoms. The average Bonchev–Trinajstić information content (AvgIpc) is 3.66. The van der Waals surface area contributed by atoms with E-state index in [1.807, 2.05) is 16.8 Å². The molecule has 0 radical (unpaired) electrons. The molecule has 6 rings (SSSR count). The third-order valence-electron chi connectivity index (χ3n) is 10.7. The van der Waals surface area contributed by atoms with Gasteiger partial charge in [0, 0.05) is 101 Å². The molecule has 1 aromatic heterocycles. The van der Waals surface area contributed by atoms with Crippen molar-refractivity contribution in [2.75, 3.05) is 58.6 Å². The molecule has 5 heterocycles. The van der Waals surface area contributed by atoms with Crippen LogP contribution in [0.3, 0.4) is 0 Å². The Morgan fingerprint density at radius 1 is 1.00 bits per heavy atom. The van der Waals surface area contributed by atoms with Gasteiger partial charge >= 0.3 is 6.18 Å². The van der Waals surface area contributed by atoms with E-state index < -0.39 is 27.9 Å². The van der Waals surface area contributed by atoms with Crippen LogP contribution < -0.4 is 0 Å². The van der Waals surface area contributed by atoms with E-state index in [4.69, 9.17) is 5.10 Å². The van der Waals surface area contributed by atoms with Crippen LogP contribution in [0.1, 0.15) is 74.3 Å². The molecular formula is C34H50F3N7O4S. The van der Waals surface area contributed by atoms with Gasteiger partial charge in [-0.15, -0.1) is 0 Å². The van der Waals surface area contributed by atoms with E-state index >= 15 is 0 Å². The maximum atomic E-state index is 14.3. The van der Waals surface area contributed by atoms with Crippen molar-refractivity contribution in [1.29, 1.82) is 0 Å². The molecule has 0 bridgehead atoms. The minimum Gasteiger partial charge on any atom is -0.390 e. The second-order valence-corrected chi connectivity index (χ2v) is 16.0. The largest absolute Gasteiger partial charge is 0.416 e. The van der Waals surface area contributed by atoms with Gasteiger partial charge < -0.3 is 14.9 Å². The molecule has 2 aromatic rings. The number of fused-ring (bicyclic) bond motifs is 1. The second-order valence-electron chi connectivity index (χ2n) is 14.0. The van der Waals surface area contributed by atoms with Gasteiger partial charge in [-0.1, -0.05) is 19.4 Å². The van der Waals surface area contributed by atoms with Crippen molar-refractivity contribution in [1.82, 2.24) is 33.9 Å². The van der Waals surface area contributed by atoms with Crippen LogP contribution in [0.2, 0.25) is 0 Å². The Labute approximate surface area is 287 Å². The Bertz CT molecular complexity index is 1590. The molecule has 11 nitrogen and oxygen atoms in total. The lowest BCUT2D eigenvalue weighted by atomic mass is 9.97. The van der Waals surface area contributed by atoms with Crippen molar-refractivity contribution in [3.63, 3.8) is 0 Å². The number of hydrogen-bond donors (Lipinski definition) is 1. The van der Waals surface area contributed by atoms with Gasteiger partial charge in [-0.05, 0) is 49.8 Å². The van der Waals surface area contributed by atoms with E-state index in [0.717, 1.165) is 89.3 Å². The number of β-amino-alcohol motifs (C(OH)–C–C–N with tert-alkyl or cyclic N) is 1. The molecule has 4 aliphatic heterocycles. The van der Waals surface area contributed by atoms with Crippen LogP contribution in [-0.2, 0) is 47.0 Å². The van der Waals surface area contributed by atoms with Crippen molar-refractivity contribution in [2.45, 2.75) is 96.2 Å². The number of halogens is 3. The second kappa shape index (κ2) is 15.0. The summed E-state index contributed by atoms with van der Waals surface area (Å²) >= 11 is 0. The number of likely N-dealkylation sites (tertiary alicyclic amines) is 2. The van der Waals surface area contributed by atoms with Crippen molar-refractivity contribution in [3.05, 3.63) is 40.6 Å². The van der Waals surface area contributed by atoms with Gasteiger partial charge in [0.2, 0.25) is 15.9 Å². The van der Waals surface area contributed by atoms with Gasteiger partial charge in [-0.2, -0.15) is 22.6 Å². The predicted molar refractivity (Wildman–Crippen MR) is 180 cm³/mol. The summed E-state index contributed by atoms with van der Waals surface area (Å²) in [5, 5.41) is 20.2. The highest BCUT2D eigenvalue weighted by atomic mass is 32.2. The van der Waals surface area contributed by atoms with E-state index in [9.17, 15) is 31.5 Å². The number of alkyl halides is 3. The minimum absolute atomic E-state index is 0.0630. The molecule has 1 aromatic carbocycles. The van der Waals surface area contributed by atoms with Crippen LogP contribution in [0.25, 0.3) is 11.3 Å². The summed E-state index contributed by atoms with van der Waals surface area (Å²) in [5.74, 6) is 0.233. The number of aliphatic hydroxyl groups is 1. The first-order valence-electron chi connectivity index (χ1n) is 17.8. The van der Waals surface area contributed by atoms with Gasteiger partial charge in [-0.25, -0.2) is 18.4 Å². The number of rotatable bonds is 11. The van der Waals surface area contributed by atoms with Crippen molar-refractivity contribution in [2.24, 2.45) is 0 Å². The zero-order valence-electron chi connectivity index (χ0n) is 28.7. The van der Waals surface area contributed by atoms with Gasteiger partial charge in [0.05, 0.1) is 30.2 Å². The molecule has 4 aliphatic rings. The topological polar surface area (TPSA) is 105 Å². The number of aromatic nitrogens is 2. The number of sulfonamides is 1. The summed E-state index contributed by atoms with van der Waals surface area (Å²) in [6.07, 6.45) is 2.64. The number of aliphatic hydroxyl groups excluding tert-OH is 1. The standard InChI is InChI=1S/C34H50F3N7O4S/c1-3-40(41-14-5-4-6-15-41)21-26-20-25(9-10-30(26)34(35,36)37)33-29-24-42(49(2,47)48)19-13-31(29)44(38-33)23-28(45)22-39-17-11-27(12-18-39)43-16-7-8-32(43)46/h9-10,20,27-28,45H,3-8,11-19,21-24H2,1-2H3. The van der Waals surface area contributed by atoms with Crippen LogP contribution in [0.5, 0.6) is 0 Å². The molecule has 15 heteroatoms. The summed E-state index contributed by atoms with van der Waals surface area (Å²) in [5.41, 5.74) is 1.86. The van der Waals surface area contributed by atoms with Gasteiger partial charge in [-0.3, -0.25) is 9.48 Å². The average molecular weight is 710 g/mol. The number of benzene rings is 1. The maximum absolute atomic E-state index is 14.3. The number of hydrazine groups is 1. The molecular weight excluding hydrogens is 659 g/mol. The number of piperidine rings is 2. The lowest BCUT2D eigenvalue weighted by Gasteiger charge is -2.37. The van der Waals surface area contributed by atoms with Crippen molar-refractivity contribution < 1.29 is 31.5 Å². The van der Waals surface area contributed by atoms with Crippen LogP contribution in [-0.4, -0.2) is 124 Å². The highest BCUT2D eigenvalue weighted by molar-refractivity contribution is 7.88. The first-order valence-corrected chi connectivity index (χ1v) is 19.6. The molecule has 1 amide bonds. The van der Waals surface area contributed by atoms with Crippen LogP contribution >= 0.6 is 0 Å². The van der Waals surface area contributed by atoms with Crippen molar-refractivity contribution in [3.8, 4) is 11.3 Å². The van der Waals surface area contributed by atoms with Gasteiger partial charge in [0.25, 0.3) is 0 Å². The Morgan fingerprint density at radius 3 is 2.37 bits per heavy atom. The van der Waals surface area contributed by atoms with Crippen molar-refractivity contribution >= 4 is 15.9 Å².